The van der Waals surface area contributed by atoms with Crippen molar-refractivity contribution in [2.45, 2.75) is 52.7 Å². The summed E-state index contributed by atoms with van der Waals surface area (Å²) in [6.07, 6.45) is 1.35. The summed E-state index contributed by atoms with van der Waals surface area (Å²) < 4.78 is 27.1. The molecule has 0 radical (unpaired) electrons. The van der Waals surface area contributed by atoms with E-state index in [0.717, 1.165) is 32.8 Å². The highest BCUT2D eigenvalue weighted by Crippen LogP contribution is 2.27. The van der Waals surface area contributed by atoms with Crippen LogP contribution in [-0.2, 0) is 32.6 Å². The molecular formula is C30H36ClN3O4S. The minimum absolute atomic E-state index is 0.101. The van der Waals surface area contributed by atoms with Crippen molar-refractivity contribution in [3.8, 4) is 0 Å². The first-order chi connectivity index (χ1) is 18.4. The van der Waals surface area contributed by atoms with Gasteiger partial charge in [0.2, 0.25) is 21.8 Å². The molecule has 0 aromatic heterocycles. The van der Waals surface area contributed by atoms with E-state index in [9.17, 15) is 18.0 Å². The maximum Gasteiger partial charge on any atom is 0.244 e. The number of anilines is 1. The summed E-state index contributed by atoms with van der Waals surface area (Å²) in [6.45, 7) is 6.99. The molecule has 208 valence electrons. The summed E-state index contributed by atoms with van der Waals surface area (Å²) >= 11 is 6.09. The molecule has 3 aromatic rings. The number of carbonyl (C=O) groups excluding carboxylic acids is 2. The lowest BCUT2D eigenvalue weighted by molar-refractivity contribution is -0.140. The van der Waals surface area contributed by atoms with Gasteiger partial charge >= 0.3 is 0 Å². The highest BCUT2D eigenvalue weighted by Gasteiger charge is 2.33. The van der Waals surface area contributed by atoms with E-state index in [0.29, 0.717) is 10.7 Å². The Kier molecular flexibility index (Phi) is 10.2. The molecule has 0 aliphatic carbocycles. The SMILES string of the molecule is Cc1cccc(C)c1N(CC(=O)N(Cc1ccc(Cl)cc1)[C@@H](Cc1ccccc1)C(=O)NC(C)C)S(C)(=O)=O. The third kappa shape index (κ3) is 8.31. The molecule has 1 atom stereocenters. The predicted octanol–water partition coefficient (Wildman–Crippen LogP) is 4.89. The van der Waals surface area contributed by atoms with Crippen molar-refractivity contribution in [2.75, 3.05) is 17.1 Å². The van der Waals surface area contributed by atoms with E-state index in [1.807, 2.05) is 76.2 Å². The predicted molar refractivity (Wildman–Crippen MR) is 157 cm³/mol. The quantitative estimate of drug-likeness (QED) is 0.356. The first-order valence-corrected chi connectivity index (χ1v) is 15.0. The monoisotopic (exact) mass is 569 g/mol. The highest BCUT2D eigenvalue weighted by molar-refractivity contribution is 7.92. The van der Waals surface area contributed by atoms with Gasteiger partial charge in [0, 0.05) is 24.0 Å². The van der Waals surface area contributed by atoms with Gasteiger partial charge in [0.05, 0.1) is 11.9 Å². The summed E-state index contributed by atoms with van der Waals surface area (Å²) in [7, 11) is -3.83. The van der Waals surface area contributed by atoms with Crippen LogP contribution in [0.5, 0.6) is 0 Å². The summed E-state index contributed by atoms with van der Waals surface area (Å²) in [4.78, 5) is 29.1. The van der Waals surface area contributed by atoms with Crippen molar-refractivity contribution in [1.82, 2.24) is 10.2 Å². The van der Waals surface area contributed by atoms with Crippen molar-refractivity contribution in [2.24, 2.45) is 0 Å². The molecule has 7 nitrogen and oxygen atoms in total. The third-order valence-corrected chi connectivity index (χ3v) is 7.70. The largest absolute Gasteiger partial charge is 0.352 e. The van der Waals surface area contributed by atoms with Crippen LogP contribution in [0.1, 0.15) is 36.1 Å². The zero-order valence-corrected chi connectivity index (χ0v) is 24.6. The van der Waals surface area contributed by atoms with Crippen LogP contribution in [0.25, 0.3) is 0 Å². The van der Waals surface area contributed by atoms with Crippen molar-refractivity contribution in [1.29, 1.82) is 0 Å². The number of sulfonamides is 1. The van der Waals surface area contributed by atoms with Gasteiger partial charge in [-0.1, -0.05) is 72.3 Å². The Morgan fingerprint density at radius 3 is 2.00 bits per heavy atom. The Hall–Kier alpha value is -3.36. The zero-order valence-electron chi connectivity index (χ0n) is 23.0. The topological polar surface area (TPSA) is 86.8 Å². The van der Waals surface area contributed by atoms with Crippen LogP contribution >= 0.6 is 11.6 Å². The van der Waals surface area contributed by atoms with Gasteiger partial charge in [-0.15, -0.1) is 0 Å². The van der Waals surface area contributed by atoms with Gasteiger partial charge in [-0.05, 0) is 62.1 Å². The normalized spacial score (nSPS) is 12.2. The molecule has 0 fully saturated rings. The molecule has 0 aliphatic rings. The number of aryl methyl sites for hydroxylation is 2. The van der Waals surface area contributed by atoms with E-state index in [2.05, 4.69) is 5.32 Å². The lowest BCUT2D eigenvalue weighted by atomic mass is 10.0. The molecule has 0 unspecified atom stereocenters. The van der Waals surface area contributed by atoms with Crippen LogP contribution in [0.3, 0.4) is 0 Å². The average Bonchev–Trinajstić information content (AvgIpc) is 2.86. The number of benzene rings is 3. The second kappa shape index (κ2) is 13.1. The van der Waals surface area contributed by atoms with Crippen LogP contribution in [-0.4, -0.2) is 50.0 Å². The van der Waals surface area contributed by atoms with Gasteiger partial charge in [-0.3, -0.25) is 13.9 Å². The van der Waals surface area contributed by atoms with E-state index in [-0.39, 0.29) is 24.9 Å². The number of nitrogens with one attached hydrogen (secondary N) is 1. The van der Waals surface area contributed by atoms with Gasteiger partial charge in [-0.25, -0.2) is 8.42 Å². The number of carbonyl (C=O) groups is 2. The van der Waals surface area contributed by atoms with Crippen molar-refractivity contribution in [3.63, 3.8) is 0 Å². The molecule has 39 heavy (non-hydrogen) atoms. The fourth-order valence-corrected chi connectivity index (χ4v) is 5.59. The summed E-state index contributed by atoms with van der Waals surface area (Å²) in [5, 5.41) is 3.49. The maximum atomic E-state index is 14.1. The third-order valence-electron chi connectivity index (χ3n) is 6.34. The molecule has 0 saturated carbocycles. The fraction of sp³-hybridized carbons (Fsp3) is 0.333. The Bertz CT molecular complexity index is 1370. The molecule has 0 bridgehead atoms. The van der Waals surface area contributed by atoms with E-state index in [1.54, 1.807) is 24.3 Å². The molecular weight excluding hydrogens is 534 g/mol. The minimum Gasteiger partial charge on any atom is -0.352 e. The molecule has 0 saturated heterocycles. The van der Waals surface area contributed by atoms with Crippen molar-refractivity contribution < 1.29 is 18.0 Å². The van der Waals surface area contributed by atoms with Crippen LogP contribution in [0.2, 0.25) is 5.02 Å². The van der Waals surface area contributed by atoms with Gasteiger partial charge in [0.25, 0.3) is 0 Å². The summed E-state index contributed by atoms with van der Waals surface area (Å²) in [5.41, 5.74) is 3.57. The van der Waals surface area contributed by atoms with Crippen LogP contribution in [0.15, 0.2) is 72.8 Å². The maximum absolute atomic E-state index is 14.1. The molecule has 0 aliphatic heterocycles. The number of hydrogen-bond acceptors (Lipinski definition) is 4. The summed E-state index contributed by atoms with van der Waals surface area (Å²) in [6, 6.07) is 20.9. The lowest BCUT2D eigenvalue weighted by Crippen LogP contribution is -2.54. The first-order valence-electron chi connectivity index (χ1n) is 12.8. The van der Waals surface area contributed by atoms with Gasteiger partial charge in [0.15, 0.2) is 0 Å². The first kappa shape index (κ1) is 30.2. The molecule has 1 N–H and O–H groups in total. The van der Waals surface area contributed by atoms with E-state index >= 15 is 0 Å². The molecule has 0 spiro atoms. The van der Waals surface area contributed by atoms with Crippen LogP contribution in [0.4, 0.5) is 5.69 Å². The number of para-hydroxylation sites is 1. The molecule has 0 heterocycles. The molecule has 9 heteroatoms. The molecule has 3 aromatic carbocycles. The smallest absolute Gasteiger partial charge is 0.244 e. The average molecular weight is 570 g/mol. The number of amides is 2. The Labute approximate surface area is 236 Å². The van der Waals surface area contributed by atoms with Gasteiger partial charge < -0.3 is 10.2 Å². The van der Waals surface area contributed by atoms with Gasteiger partial charge in [-0.2, -0.15) is 0 Å². The van der Waals surface area contributed by atoms with Crippen LogP contribution < -0.4 is 9.62 Å². The minimum atomic E-state index is -3.83. The standard InChI is InChI=1S/C30H36ClN3O4S/c1-21(2)32-30(36)27(18-24-12-7-6-8-13-24)33(19-25-14-16-26(31)17-15-25)28(35)20-34(39(5,37)38)29-22(3)10-9-11-23(29)4/h6-17,21,27H,18-20H2,1-5H3,(H,32,36)/t27-/m0/s1. The van der Waals surface area contributed by atoms with Crippen molar-refractivity contribution >= 4 is 39.1 Å². The van der Waals surface area contributed by atoms with E-state index < -0.39 is 28.5 Å². The van der Waals surface area contributed by atoms with Crippen LogP contribution in [0, 0.1) is 13.8 Å². The molecule has 3 rings (SSSR count). The number of halogens is 1. The number of rotatable bonds is 11. The molecule has 2 amide bonds. The highest BCUT2D eigenvalue weighted by atomic mass is 35.5. The summed E-state index contributed by atoms with van der Waals surface area (Å²) in [5.74, 6) is -0.799. The lowest BCUT2D eigenvalue weighted by Gasteiger charge is -2.34. The number of nitrogens with zero attached hydrogens (tertiary/aromatic N) is 2. The Morgan fingerprint density at radius 1 is 0.872 bits per heavy atom. The Morgan fingerprint density at radius 2 is 1.46 bits per heavy atom. The zero-order chi connectivity index (χ0) is 28.7. The second-order valence-corrected chi connectivity index (χ2v) is 12.4. The Balaban J connectivity index is 2.08. The second-order valence-electron chi connectivity index (χ2n) is 10.0. The fourth-order valence-electron chi connectivity index (χ4n) is 4.50. The van der Waals surface area contributed by atoms with Crippen molar-refractivity contribution in [3.05, 3.63) is 100 Å². The van der Waals surface area contributed by atoms with E-state index in [4.69, 9.17) is 11.6 Å². The number of hydrogen-bond donors (Lipinski definition) is 1. The van der Waals surface area contributed by atoms with E-state index in [1.165, 1.54) is 4.90 Å². The van der Waals surface area contributed by atoms with Gasteiger partial charge in [0.1, 0.15) is 12.6 Å².